The van der Waals surface area contributed by atoms with E-state index in [1.54, 1.807) is 0 Å². The molecule has 0 aliphatic rings. The number of furan rings is 1. The van der Waals surface area contributed by atoms with Crippen molar-refractivity contribution in [1.29, 1.82) is 5.26 Å². The van der Waals surface area contributed by atoms with Gasteiger partial charge < -0.3 is 4.42 Å². The third-order valence-electron chi connectivity index (χ3n) is 10.4. The molecule has 0 amide bonds. The maximum Gasteiger partial charge on any atom is 0.164 e. The Morgan fingerprint density at radius 3 is 1.46 bits per heavy atom. The van der Waals surface area contributed by atoms with Gasteiger partial charge in [-0.15, -0.1) is 0 Å². The van der Waals surface area contributed by atoms with Crippen LogP contribution in [0.4, 0.5) is 0 Å². The number of aromatic nitrogens is 3. The van der Waals surface area contributed by atoms with E-state index in [4.69, 9.17) is 19.4 Å². The van der Waals surface area contributed by atoms with Gasteiger partial charge in [-0.25, -0.2) is 15.0 Å². The second-order valence-electron chi connectivity index (χ2n) is 13.9. The summed E-state index contributed by atoms with van der Waals surface area (Å²) in [6, 6.07) is 68.1. The Bertz CT molecular complexity index is 3100. The van der Waals surface area contributed by atoms with Crippen molar-refractivity contribution in [2.45, 2.75) is 0 Å². The smallest absolute Gasteiger partial charge is 0.164 e. The molecule has 5 nitrogen and oxygen atoms in total. The first kappa shape index (κ1) is 33.6. The Morgan fingerprint density at radius 1 is 0.351 bits per heavy atom. The zero-order chi connectivity index (χ0) is 38.1. The van der Waals surface area contributed by atoms with Gasteiger partial charge in [0.1, 0.15) is 11.2 Å². The lowest BCUT2D eigenvalue weighted by Gasteiger charge is -2.11. The van der Waals surface area contributed by atoms with Crippen LogP contribution in [-0.4, -0.2) is 15.0 Å². The second-order valence-corrected chi connectivity index (χ2v) is 13.9. The zero-order valence-corrected chi connectivity index (χ0v) is 30.7. The average molecular weight is 729 g/mol. The Labute approximate surface area is 329 Å². The molecular weight excluding hydrogens is 697 g/mol. The largest absolute Gasteiger partial charge is 0.456 e. The van der Waals surface area contributed by atoms with E-state index in [1.165, 1.54) is 11.1 Å². The summed E-state index contributed by atoms with van der Waals surface area (Å²) in [5, 5.41) is 12.1. The van der Waals surface area contributed by atoms with E-state index in [1.807, 2.05) is 109 Å². The highest BCUT2D eigenvalue weighted by molar-refractivity contribution is 6.13. The molecule has 0 spiro atoms. The molecule has 0 aliphatic carbocycles. The summed E-state index contributed by atoms with van der Waals surface area (Å²) in [5.41, 5.74) is 13.3. The molecule has 2 aromatic heterocycles. The molecule has 57 heavy (non-hydrogen) atoms. The SMILES string of the molecule is N#Cc1ccc(-c2ccccc2)cc1-c1ccc(-c2nc(-c3ccccc3)nc(-c3ccc4c(c3)oc3cccc(-c5ccc(-c6ccccc6)cc5)c34)n2)cc1. The Morgan fingerprint density at radius 2 is 0.825 bits per heavy atom. The third-order valence-corrected chi connectivity index (χ3v) is 10.4. The summed E-state index contributed by atoms with van der Waals surface area (Å²) in [5.74, 6) is 1.67. The molecular formula is C52H32N4O. The van der Waals surface area contributed by atoms with Crippen LogP contribution in [0.2, 0.25) is 0 Å². The molecule has 2 heterocycles. The minimum atomic E-state index is 0.546. The lowest BCUT2D eigenvalue weighted by Crippen LogP contribution is -2.00. The number of hydrogen-bond acceptors (Lipinski definition) is 5. The van der Waals surface area contributed by atoms with Crippen molar-refractivity contribution in [3.8, 4) is 84.7 Å². The molecule has 10 rings (SSSR count). The molecule has 266 valence electrons. The van der Waals surface area contributed by atoms with Gasteiger partial charge in [0, 0.05) is 33.0 Å². The van der Waals surface area contributed by atoms with Gasteiger partial charge in [-0.1, -0.05) is 164 Å². The lowest BCUT2D eigenvalue weighted by atomic mass is 9.94. The fourth-order valence-electron chi connectivity index (χ4n) is 7.52. The van der Waals surface area contributed by atoms with Crippen LogP contribution in [-0.2, 0) is 0 Å². The minimum absolute atomic E-state index is 0.546. The predicted octanol–water partition coefficient (Wildman–Crippen LogP) is 13.3. The van der Waals surface area contributed by atoms with E-state index in [0.29, 0.717) is 23.0 Å². The topological polar surface area (TPSA) is 75.6 Å². The van der Waals surface area contributed by atoms with E-state index in [-0.39, 0.29) is 0 Å². The second kappa shape index (κ2) is 14.4. The number of nitriles is 1. The molecule has 0 atom stereocenters. The molecule has 0 fully saturated rings. The van der Waals surface area contributed by atoms with E-state index in [9.17, 15) is 5.26 Å². The molecule has 0 saturated heterocycles. The van der Waals surface area contributed by atoms with Crippen LogP contribution in [0.25, 0.3) is 101 Å². The number of benzene rings is 8. The van der Waals surface area contributed by atoms with Crippen molar-refractivity contribution in [2.75, 3.05) is 0 Å². The van der Waals surface area contributed by atoms with Crippen LogP contribution in [0.1, 0.15) is 5.56 Å². The van der Waals surface area contributed by atoms with Crippen LogP contribution in [0.3, 0.4) is 0 Å². The summed E-state index contributed by atoms with van der Waals surface area (Å²) >= 11 is 0. The molecule has 0 saturated carbocycles. The first-order valence-electron chi connectivity index (χ1n) is 18.8. The van der Waals surface area contributed by atoms with Gasteiger partial charge in [-0.3, -0.25) is 0 Å². The van der Waals surface area contributed by atoms with Crippen LogP contribution in [0, 0.1) is 11.3 Å². The molecule has 10 aromatic rings. The van der Waals surface area contributed by atoms with Crippen molar-refractivity contribution < 1.29 is 4.42 Å². The number of fused-ring (bicyclic) bond motifs is 3. The predicted molar refractivity (Wildman–Crippen MR) is 230 cm³/mol. The molecule has 0 aliphatic heterocycles. The van der Waals surface area contributed by atoms with E-state index in [2.05, 4.69) is 91.0 Å². The van der Waals surface area contributed by atoms with Crippen LogP contribution in [0.15, 0.2) is 199 Å². The third kappa shape index (κ3) is 6.42. The van der Waals surface area contributed by atoms with Gasteiger partial charge in [0.15, 0.2) is 17.5 Å². The molecule has 0 radical (unpaired) electrons. The first-order chi connectivity index (χ1) is 28.2. The normalized spacial score (nSPS) is 11.1. The van der Waals surface area contributed by atoms with Gasteiger partial charge in [0.25, 0.3) is 0 Å². The van der Waals surface area contributed by atoms with Crippen molar-refractivity contribution in [2.24, 2.45) is 0 Å². The van der Waals surface area contributed by atoms with E-state index in [0.717, 1.165) is 72.0 Å². The van der Waals surface area contributed by atoms with Gasteiger partial charge >= 0.3 is 0 Å². The van der Waals surface area contributed by atoms with Crippen molar-refractivity contribution >= 4 is 21.9 Å². The first-order valence-corrected chi connectivity index (χ1v) is 18.8. The van der Waals surface area contributed by atoms with Gasteiger partial charge in [0.05, 0.1) is 11.6 Å². The summed E-state index contributed by atoms with van der Waals surface area (Å²) in [6.45, 7) is 0. The van der Waals surface area contributed by atoms with Gasteiger partial charge in [-0.2, -0.15) is 5.26 Å². The number of rotatable bonds is 7. The molecule has 0 unspecified atom stereocenters. The van der Waals surface area contributed by atoms with E-state index < -0.39 is 0 Å². The highest BCUT2D eigenvalue weighted by atomic mass is 16.3. The lowest BCUT2D eigenvalue weighted by molar-refractivity contribution is 0.669. The highest BCUT2D eigenvalue weighted by Gasteiger charge is 2.17. The van der Waals surface area contributed by atoms with Crippen LogP contribution >= 0.6 is 0 Å². The van der Waals surface area contributed by atoms with Crippen LogP contribution < -0.4 is 0 Å². The quantitative estimate of drug-likeness (QED) is 0.163. The average Bonchev–Trinajstić information content (AvgIpc) is 3.68. The number of hydrogen-bond donors (Lipinski definition) is 0. The van der Waals surface area contributed by atoms with Crippen molar-refractivity contribution in [3.63, 3.8) is 0 Å². The summed E-state index contributed by atoms with van der Waals surface area (Å²) in [7, 11) is 0. The summed E-state index contributed by atoms with van der Waals surface area (Å²) in [4.78, 5) is 15.0. The van der Waals surface area contributed by atoms with Crippen LogP contribution in [0.5, 0.6) is 0 Å². The van der Waals surface area contributed by atoms with Gasteiger partial charge in [0.2, 0.25) is 0 Å². The van der Waals surface area contributed by atoms with E-state index >= 15 is 0 Å². The fraction of sp³-hybridized carbons (Fsp3) is 0. The Hall–Kier alpha value is -7.94. The maximum atomic E-state index is 9.99. The molecule has 0 bridgehead atoms. The standard InChI is InChI=1S/C52H32N4O/c53-33-43-28-27-41(35-13-6-2-7-14-35)31-46(43)38-23-25-40(26-24-38)51-54-50(39-15-8-3-9-16-39)55-52(56-51)42-29-30-45-48(32-42)57-47-18-10-17-44(49(45)47)37-21-19-36(20-22-37)34-11-4-1-5-12-34/h1-32H. The molecule has 8 aromatic carbocycles. The van der Waals surface area contributed by atoms with Crippen molar-refractivity contribution in [1.82, 2.24) is 15.0 Å². The Kier molecular flexibility index (Phi) is 8.48. The number of nitrogens with zero attached hydrogens (tertiary/aromatic N) is 4. The fourth-order valence-corrected chi connectivity index (χ4v) is 7.52. The summed E-state index contributed by atoms with van der Waals surface area (Å²) < 4.78 is 6.52. The Balaban J connectivity index is 1.03. The molecule has 5 heteroatoms. The maximum absolute atomic E-state index is 9.99. The van der Waals surface area contributed by atoms with Crippen molar-refractivity contribution in [3.05, 3.63) is 200 Å². The minimum Gasteiger partial charge on any atom is -0.456 e. The molecule has 0 N–H and O–H groups in total. The van der Waals surface area contributed by atoms with Gasteiger partial charge in [-0.05, 0) is 69.3 Å². The zero-order valence-electron chi connectivity index (χ0n) is 30.7. The highest BCUT2D eigenvalue weighted by Crippen LogP contribution is 2.39. The summed E-state index contributed by atoms with van der Waals surface area (Å²) in [6.07, 6.45) is 0. The monoisotopic (exact) mass is 728 g/mol.